The molecule has 0 amide bonds. The number of thiophene rings is 1. The third-order valence-corrected chi connectivity index (χ3v) is 9.51. The van der Waals surface area contributed by atoms with Crippen molar-refractivity contribution in [1.29, 1.82) is 0 Å². The van der Waals surface area contributed by atoms with Gasteiger partial charge in [0.05, 0.1) is 18.5 Å². The summed E-state index contributed by atoms with van der Waals surface area (Å²) >= 11 is 1.87. The Balaban J connectivity index is 1.13. The molecule has 2 unspecified atom stereocenters. The van der Waals surface area contributed by atoms with Gasteiger partial charge >= 0.3 is 0 Å². The number of nitrogens with one attached hydrogen (secondary N) is 3. The van der Waals surface area contributed by atoms with E-state index in [2.05, 4.69) is 168 Å². The van der Waals surface area contributed by atoms with Crippen molar-refractivity contribution >= 4 is 31.5 Å². The summed E-state index contributed by atoms with van der Waals surface area (Å²) in [6.07, 6.45) is 0.0255. The fourth-order valence-corrected chi connectivity index (χ4v) is 7.37. The summed E-state index contributed by atoms with van der Waals surface area (Å²) in [5.74, 6) is 0. The Morgan fingerprint density at radius 1 is 0.349 bits per heavy atom. The van der Waals surface area contributed by atoms with E-state index < -0.39 is 0 Å². The lowest BCUT2D eigenvalue weighted by Crippen LogP contribution is -2.54. The van der Waals surface area contributed by atoms with Gasteiger partial charge in [-0.15, -0.1) is 11.3 Å². The van der Waals surface area contributed by atoms with Gasteiger partial charge in [-0.3, -0.25) is 16.0 Å². The van der Waals surface area contributed by atoms with Crippen LogP contribution in [-0.4, -0.2) is 0 Å². The maximum Gasteiger partial charge on any atom is 0.0865 e. The van der Waals surface area contributed by atoms with E-state index in [1.54, 1.807) is 0 Å². The minimum Gasteiger partial charge on any atom is -0.279 e. The Morgan fingerprint density at radius 3 is 1.44 bits per heavy atom. The minimum atomic E-state index is -0.0115. The first-order chi connectivity index (χ1) is 21.3. The predicted molar refractivity (Wildman–Crippen MR) is 181 cm³/mol. The SMILES string of the molecule is c1ccc(-c2cccc(-c3ccc4c(c3)sc3cc(C5NC(c6ccccc6)NC(c6ccccc6)N5)ccc34)c2)cc1. The lowest BCUT2D eigenvalue weighted by atomic mass is 9.98. The van der Waals surface area contributed by atoms with E-state index in [0.717, 1.165) is 0 Å². The highest BCUT2D eigenvalue weighted by Gasteiger charge is 2.29. The molecular weight excluding hydrogens is 543 g/mol. The van der Waals surface area contributed by atoms with Crippen molar-refractivity contribution in [3.05, 3.63) is 168 Å². The topological polar surface area (TPSA) is 36.1 Å². The maximum absolute atomic E-state index is 3.82. The average molecular weight is 574 g/mol. The largest absolute Gasteiger partial charge is 0.279 e. The molecule has 208 valence electrons. The summed E-state index contributed by atoms with van der Waals surface area (Å²) in [6, 6.07) is 54.5. The summed E-state index contributed by atoms with van der Waals surface area (Å²) in [7, 11) is 0. The van der Waals surface area contributed by atoms with Crippen LogP contribution in [0, 0.1) is 0 Å². The monoisotopic (exact) mass is 573 g/mol. The first-order valence-corrected chi connectivity index (χ1v) is 15.6. The zero-order valence-corrected chi connectivity index (χ0v) is 24.4. The summed E-state index contributed by atoms with van der Waals surface area (Å²) in [5.41, 5.74) is 8.65. The molecule has 3 N–H and O–H groups in total. The van der Waals surface area contributed by atoms with Gasteiger partial charge in [-0.05, 0) is 57.1 Å². The second kappa shape index (κ2) is 11.3. The molecule has 1 aliphatic rings. The normalized spacial score (nSPS) is 18.7. The predicted octanol–water partition coefficient (Wildman–Crippen LogP) is 9.57. The van der Waals surface area contributed by atoms with E-state index in [-0.39, 0.29) is 18.5 Å². The zero-order chi connectivity index (χ0) is 28.6. The zero-order valence-electron chi connectivity index (χ0n) is 23.6. The molecule has 2 atom stereocenters. The van der Waals surface area contributed by atoms with Crippen molar-refractivity contribution in [2.24, 2.45) is 0 Å². The average Bonchev–Trinajstić information content (AvgIpc) is 3.46. The highest BCUT2D eigenvalue weighted by molar-refractivity contribution is 7.25. The van der Waals surface area contributed by atoms with Crippen LogP contribution in [0.15, 0.2) is 152 Å². The van der Waals surface area contributed by atoms with E-state index in [4.69, 9.17) is 0 Å². The van der Waals surface area contributed by atoms with Crippen LogP contribution in [0.4, 0.5) is 0 Å². The molecule has 0 aliphatic carbocycles. The summed E-state index contributed by atoms with van der Waals surface area (Å²) in [4.78, 5) is 0. The lowest BCUT2D eigenvalue weighted by molar-refractivity contribution is 0.203. The van der Waals surface area contributed by atoms with E-state index in [9.17, 15) is 0 Å². The van der Waals surface area contributed by atoms with E-state index >= 15 is 0 Å². The molecule has 7 aromatic rings. The molecule has 2 heterocycles. The lowest BCUT2D eigenvalue weighted by Gasteiger charge is -2.39. The molecule has 0 radical (unpaired) electrons. The van der Waals surface area contributed by atoms with Gasteiger partial charge in [-0.2, -0.15) is 0 Å². The van der Waals surface area contributed by atoms with Crippen molar-refractivity contribution in [3.8, 4) is 22.3 Å². The standard InChI is InChI=1S/C39H31N3S/c1-4-11-26(12-5-1)29-17-10-18-30(23-29)31-19-21-33-34-22-20-32(25-36(34)43-35(33)24-31)39-41-37(27-13-6-2-7-14-27)40-38(42-39)28-15-8-3-9-16-28/h1-25,37-42H. The number of hydrogen-bond donors (Lipinski definition) is 3. The maximum atomic E-state index is 3.82. The Hall–Kier alpha value is -4.58. The van der Waals surface area contributed by atoms with Crippen LogP contribution in [0.2, 0.25) is 0 Å². The minimum absolute atomic E-state index is 0.0115. The van der Waals surface area contributed by atoms with Crippen LogP contribution >= 0.6 is 11.3 Å². The Labute approximate surface area is 255 Å². The molecule has 1 aromatic heterocycles. The van der Waals surface area contributed by atoms with Gasteiger partial charge in [0.1, 0.15) is 0 Å². The van der Waals surface area contributed by atoms with Gasteiger partial charge in [0.2, 0.25) is 0 Å². The van der Waals surface area contributed by atoms with Crippen molar-refractivity contribution in [3.63, 3.8) is 0 Å². The van der Waals surface area contributed by atoms with Gasteiger partial charge < -0.3 is 0 Å². The van der Waals surface area contributed by atoms with E-state index in [1.165, 1.54) is 59.1 Å². The number of rotatable bonds is 5. The quantitative estimate of drug-likeness (QED) is 0.192. The Morgan fingerprint density at radius 2 is 0.814 bits per heavy atom. The molecule has 0 saturated carbocycles. The molecule has 0 spiro atoms. The van der Waals surface area contributed by atoms with E-state index in [1.807, 2.05) is 11.3 Å². The highest BCUT2D eigenvalue weighted by Crippen LogP contribution is 2.39. The second-order valence-electron chi connectivity index (χ2n) is 11.1. The van der Waals surface area contributed by atoms with Gasteiger partial charge in [0.15, 0.2) is 0 Å². The number of hydrogen-bond acceptors (Lipinski definition) is 4. The molecule has 6 aromatic carbocycles. The van der Waals surface area contributed by atoms with Crippen LogP contribution in [0.3, 0.4) is 0 Å². The molecule has 43 heavy (non-hydrogen) atoms. The Bertz CT molecular complexity index is 1970. The van der Waals surface area contributed by atoms with E-state index in [0.29, 0.717) is 0 Å². The first kappa shape index (κ1) is 26.1. The van der Waals surface area contributed by atoms with Crippen LogP contribution in [0.5, 0.6) is 0 Å². The van der Waals surface area contributed by atoms with Crippen molar-refractivity contribution in [2.75, 3.05) is 0 Å². The van der Waals surface area contributed by atoms with Crippen LogP contribution in [0.1, 0.15) is 35.2 Å². The van der Waals surface area contributed by atoms with Gasteiger partial charge in [0.25, 0.3) is 0 Å². The van der Waals surface area contributed by atoms with Crippen LogP contribution < -0.4 is 16.0 Å². The Kier molecular flexibility index (Phi) is 6.82. The third-order valence-electron chi connectivity index (χ3n) is 8.40. The molecule has 1 fully saturated rings. The second-order valence-corrected chi connectivity index (χ2v) is 12.2. The van der Waals surface area contributed by atoms with Crippen molar-refractivity contribution in [2.45, 2.75) is 18.5 Å². The van der Waals surface area contributed by atoms with Crippen molar-refractivity contribution in [1.82, 2.24) is 16.0 Å². The molecule has 1 aliphatic heterocycles. The van der Waals surface area contributed by atoms with Crippen LogP contribution in [-0.2, 0) is 0 Å². The summed E-state index contributed by atoms with van der Waals surface area (Å²) in [5, 5.41) is 14.0. The first-order valence-electron chi connectivity index (χ1n) is 14.8. The smallest absolute Gasteiger partial charge is 0.0865 e. The van der Waals surface area contributed by atoms with Gasteiger partial charge in [-0.1, -0.05) is 133 Å². The third kappa shape index (κ3) is 5.16. The van der Waals surface area contributed by atoms with Gasteiger partial charge in [-0.25, -0.2) is 0 Å². The fourth-order valence-electron chi connectivity index (χ4n) is 6.17. The molecule has 4 heteroatoms. The summed E-state index contributed by atoms with van der Waals surface area (Å²) < 4.78 is 2.61. The molecule has 0 bridgehead atoms. The molecule has 3 nitrogen and oxygen atoms in total. The summed E-state index contributed by atoms with van der Waals surface area (Å²) in [6.45, 7) is 0. The van der Waals surface area contributed by atoms with Crippen molar-refractivity contribution < 1.29 is 0 Å². The fraction of sp³-hybridized carbons (Fsp3) is 0.0769. The number of fused-ring (bicyclic) bond motifs is 3. The number of benzene rings is 6. The molecule has 1 saturated heterocycles. The molecule has 8 rings (SSSR count). The van der Waals surface area contributed by atoms with Crippen LogP contribution in [0.25, 0.3) is 42.4 Å². The highest BCUT2D eigenvalue weighted by atomic mass is 32.1. The molecular formula is C39H31N3S. The van der Waals surface area contributed by atoms with Gasteiger partial charge in [0, 0.05) is 20.2 Å².